The molecule has 0 radical (unpaired) electrons. The Morgan fingerprint density at radius 2 is 2.11 bits per heavy atom. The van der Waals surface area contributed by atoms with E-state index in [1.807, 2.05) is 6.92 Å². The number of nitrogen functional groups attached to an aromatic ring is 1. The molecule has 4 N–H and O–H groups in total. The molecule has 1 aliphatic heterocycles. The molecule has 0 amide bonds. The number of para-hydroxylation sites is 1. The van der Waals surface area contributed by atoms with Crippen LogP contribution in [0, 0.1) is 5.92 Å². The van der Waals surface area contributed by atoms with Gasteiger partial charge in [0, 0.05) is 13.1 Å². The molecular weight excluding hydrogens is 266 g/mol. The van der Waals surface area contributed by atoms with Gasteiger partial charge in [-0.1, -0.05) is 19.1 Å². The Kier molecular flexibility index (Phi) is 4.10. The van der Waals surface area contributed by atoms with Gasteiger partial charge in [0.05, 0.1) is 11.8 Å². The fourth-order valence-electron chi connectivity index (χ4n) is 2.26. The van der Waals surface area contributed by atoms with E-state index < -0.39 is 16.1 Å². The lowest BCUT2D eigenvalue weighted by atomic mass is 9.99. The molecule has 19 heavy (non-hydrogen) atoms. The average Bonchev–Trinajstić information content (AvgIpc) is 2.41. The number of nitrogens with zero attached hydrogens (tertiary/aromatic N) is 1. The number of sulfonamides is 1. The third-order valence-electron chi connectivity index (χ3n) is 3.48. The zero-order valence-corrected chi connectivity index (χ0v) is 11.6. The van der Waals surface area contributed by atoms with Crippen LogP contribution in [-0.4, -0.2) is 37.0 Å². The highest BCUT2D eigenvalue weighted by Gasteiger charge is 2.33. The molecule has 1 heterocycles. The maximum atomic E-state index is 12.6. The predicted molar refractivity (Wildman–Crippen MR) is 72.8 cm³/mol. The van der Waals surface area contributed by atoms with Crippen LogP contribution in [0.1, 0.15) is 13.3 Å². The molecule has 0 aromatic heterocycles. The smallest absolute Gasteiger partial charge is 0.245 e. The Bertz CT molecular complexity index is 547. The highest BCUT2D eigenvalue weighted by atomic mass is 32.2. The number of rotatable bonds is 3. The molecule has 7 heteroatoms. The van der Waals surface area contributed by atoms with E-state index in [0.717, 1.165) is 0 Å². The van der Waals surface area contributed by atoms with E-state index in [1.54, 1.807) is 18.2 Å². The van der Waals surface area contributed by atoms with Crippen molar-refractivity contribution in [1.82, 2.24) is 4.31 Å². The highest BCUT2D eigenvalue weighted by Crippen LogP contribution is 2.27. The second-order valence-corrected chi connectivity index (χ2v) is 6.74. The van der Waals surface area contributed by atoms with Crippen LogP contribution in [0.4, 0.5) is 5.69 Å². The molecule has 1 aromatic carbocycles. The second-order valence-electron chi connectivity index (χ2n) is 4.84. The normalized spacial score (nSPS) is 25.2. The third kappa shape index (κ3) is 2.74. The molecule has 1 fully saturated rings. The lowest BCUT2D eigenvalue weighted by molar-refractivity contribution is 0.0629. The van der Waals surface area contributed by atoms with Crippen LogP contribution in [0.25, 0.3) is 0 Å². The van der Waals surface area contributed by atoms with Crippen LogP contribution < -0.4 is 11.3 Å². The van der Waals surface area contributed by atoms with Gasteiger partial charge in [-0.2, -0.15) is 4.31 Å². The SMILES string of the molecule is CC1CN(S(=O)(=O)c2ccccc2NN)CCC1O. The lowest BCUT2D eigenvalue weighted by Gasteiger charge is -2.33. The van der Waals surface area contributed by atoms with E-state index in [2.05, 4.69) is 5.43 Å². The largest absolute Gasteiger partial charge is 0.393 e. The van der Waals surface area contributed by atoms with Crippen molar-refractivity contribution in [3.8, 4) is 0 Å². The van der Waals surface area contributed by atoms with Crippen LogP contribution in [0.2, 0.25) is 0 Å². The van der Waals surface area contributed by atoms with Crippen molar-refractivity contribution >= 4 is 15.7 Å². The maximum absolute atomic E-state index is 12.6. The van der Waals surface area contributed by atoms with E-state index in [4.69, 9.17) is 5.84 Å². The minimum absolute atomic E-state index is 0.0680. The summed E-state index contributed by atoms with van der Waals surface area (Å²) in [5.74, 6) is 5.29. The van der Waals surface area contributed by atoms with Crippen LogP contribution in [0.3, 0.4) is 0 Å². The van der Waals surface area contributed by atoms with Gasteiger partial charge in [0.15, 0.2) is 0 Å². The topological polar surface area (TPSA) is 95.7 Å². The fourth-order valence-corrected chi connectivity index (χ4v) is 3.97. The summed E-state index contributed by atoms with van der Waals surface area (Å²) in [5.41, 5.74) is 2.78. The molecule has 0 saturated carbocycles. The summed E-state index contributed by atoms with van der Waals surface area (Å²) in [5, 5.41) is 9.68. The van der Waals surface area contributed by atoms with Crippen molar-refractivity contribution < 1.29 is 13.5 Å². The number of benzene rings is 1. The number of hydrogen-bond donors (Lipinski definition) is 3. The maximum Gasteiger partial charge on any atom is 0.245 e. The van der Waals surface area contributed by atoms with Gasteiger partial charge < -0.3 is 10.5 Å². The summed E-state index contributed by atoms with van der Waals surface area (Å²) in [7, 11) is -3.58. The van der Waals surface area contributed by atoms with Crippen molar-refractivity contribution in [2.75, 3.05) is 18.5 Å². The first-order chi connectivity index (χ1) is 8.96. The van der Waals surface area contributed by atoms with Gasteiger partial charge in [-0.3, -0.25) is 5.84 Å². The summed E-state index contributed by atoms with van der Waals surface area (Å²) in [6.45, 7) is 2.49. The third-order valence-corrected chi connectivity index (χ3v) is 5.41. The van der Waals surface area contributed by atoms with E-state index in [0.29, 0.717) is 25.2 Å². The molecule has 0 aliphatic carbocycles. The van der Waals surface area contributed by atoms with E-state index in [9.17, 15) is 13.5 Å². The summed E-state index contributed by atoms with van der Waals surface area (Å²) in [6.07, 6.45) is 0.0212. The monoisotopic (exact) mass is 285 g/mol. The predicted octanol–water partition coefficient (Wildman–Crippen LogP) is 0.364. The first kappa shape index (κ1) is 14.3. The Morgan fingerprint density at radius 3 is 2.74 bits per heavy atom. The molecule has 2 rings (SSSR count). The zero-order valence-electron chi connectivity index (χ0n) is 10.8. The minimum atomic E-state index is -3.58. The van der Waals surface area contributed by atoms with E-state index >= 15 is 0 Å². The number of piperidine rings is 1. The first-order valence-electron chi connectivity index (χ1n) is 6.20. The van der Waals surface area contributed by atoms with Gasteiger partial charge in [0.25, 0.3) is 0 Å². The molecule has 0 spiro atoms. The van der Waals surface area contributed by atoms with Gasteiger partial charge in [-0.05, 0) is 24.5 Å². The number of hydrazine groups is 1. The van der Waals surface area contributed by atoms with Crippen molar-refractivity contribution in [1.29, 1.82) is 0 Å². The van der Waals surface area contributed by atoms with Crippen LogP contribution in [-0.2, 0) is 10.0 Å². The number of hydrogen-bond acceptors (Lipinski definition) is 5. The Labute approximate surface area is 113 Å². The van der Waals surface area contributed by atoms with E-state index in [1.165, 1.54) is 10.4 Å². The number of nitrogens with two attached hydrogens (primary N) is 1. The summed E-state index contributed by atoms with van der Waals surface area (Å²) >= 11 is 0. The number of anilines is 1. The number of nitrogens with one attached hydrogen (secondary N) is 1. The Morgan fingerprint density at radius 1 is 1.42 bits per heavy atom. The highest BCUT2D eigenvalue weighted by molar-refractivity contribution is 7.89. The molecule has 1 saturated heterocycles. The number of aliphatic hydroxyl groups excluding tert-OH is 1. The first-order valence-corrected chi connectivity index (χ1v) is 7.64. The molecular formula is C12H19N3O3S. The number of aliphatic hydroxyl groups is 1. The lowest BCUT2D eigenvalue weighted by Crippen LogP contribution is -2.45. The van der Waals surface area contributed by atoms with E-state index in [-0.39, 0.29) is 10.8 Å². The molecule has 0 bridgehead atoms. The van der Waals surface area contributed by atoms with Gasteiger partial charge in [-0.15, -0.1) is 0 Å². The van der Waals surface area contributed by atoms with Crippen LogP contribution in [0.15, 0.2) is 29.2 Å². The standard InChI is InChI=1S/C12H19N3O3S/c1-9-8-15(7-6-11(9)16)19(17,18)12-5-3-2-4-10(12)14-13/h2-5,9,11,14,16H,6-8,13H2,1H3. The molecule has 1 aromatic rings. The van der Waals surface area contributed by atoms with Gasteiger partial charge in [0.2, 0.25) is 10.0 Å². The summed E-state index contributed by atoms with van der Waals surface area (Å²) in [4.78, 5) is 0.168. The van der Waals surface area contributed by atoms with Crippen LogP contribution >= 0.6 is 0 Å². The average molecular weight is 285 g/mol. The molecule has 1 aliphatic rings. The molecule has 2 atom stereocenters. The van der Waals surface area contributed by atoms with Gasteiger partial charge in [0.1, 0.15) is 4.90 Å². The summed E-state index contributed by atoms with van der Waals surface area (Å²) < 4.78 is 26.5. The molecule has 2 unspecified atom stereocenters. The minimum Gasteiger partial charge on any atom is -0.393 e. The second kappa shape index (κ2) is 5.46. The molecule has 6 nitrogen and oxygen atoms in total. The van der Waals surface area contributed by atoms with Crippen LogP contribution in [0.5, 0.6) is 0 Å². The quantitative estimate of drug-likeness (QED) is 0.550. The van der Waals surface area contributed by atoms with Crippen molar-refractivity contribution in [3.05, 3.63) is 24.3 Å². The fraction of sp³-hybridized carbons (Fsp3) is 0.500. The van der Waals surface area contributed by atoms with Crippen molar-refractivity contribution in [3.63, 3.8) is 0 Å². The van der Waals surface area contributed by atoms with Gasteiger partial charge >= 0.3 is 0 Å². The van der Waals surface area contributed by atoms with Crippen molar-refractivity contribution in [2.24, 2.45) is 11.8 Å². The summed E-state index contributed by atoms with van der Waals surface area (Å²) in [6, 6.07) is 6.53. The van der Waals surface area contributed by atoms with Gasteiger partial charge in [-0.25, -0.2) is 8.42 Å². The Hall–Kier alpha value is -1.15. The molecule has 106 valence electrons. The Balaban J connectivity index is 2.32. The zero-order chi connectivity index (χ0) is 14.0. The van der Waals surface area contributed by atoms with Crippen molar-refractivity contribution in [2.45, 2.75) is 24.3 Å².